The van der Waals surface area contributed by atoms with Crippen molar-refractivity contribution in [2.24, 2.45) is 0 Å². The molecule has 0 saturated carbocycles. The molecule has 2 heterocycles. The summed E-state index contributed by atoms with van der Waals surface area (Å²) in [6.45, 7) is 9.19. The van der Waals surface area contributed by atoms with E-state index in [1.54, 1.807) is 34.7 Å². The third-order valence-electron chi connectivity index (χ3n) is 5.41. The Morgan fingerprint density at radius 2 is 1.97 bits per heavy atom. The number of nitrogens with one attached hydrogen (secondary N) is 3. The smallest absolute Gasteiger partial charge is 0.250 e. The Morgan fingerprint density at radius 1 is 1.32 bits per heavy atom. The third-order valence-corrected chi connectivity index (χ3v) is 11.3. The van der Waals surface area contributed by atoms with Gasteiger partial charge >= 0.3 is 0 Å². The molecule has 0 amide bonds. The highest BCUT2D eigenvalue weighted by molar-refractivity contribution is 7.95. The van der Waals surface area contributed by atoms with Crippen LogP contribution in [0.15, 0.2) is 14.5 Å². The first-order valence-electron chi connectivity index (χ1n) is 10.4. The minimum Gasteiger partial charge on any atom is -0.353 e. The first-order valence-corrected chi connectivity index (χ1v) is 14.2. The number of ether oxygens (including phenoxy) is 1. The van der Waals surface area contributed by atoms with Crippen molar-refractivity contribution >= 4 is 37.0 Å². The van der Waals surface area contributed by atoms with Crippen LogP contribution in [-0.2, 0) is 29.4 Å². The molecule has 2 rings (SSSR count). The summed E-state index contributed by atoms with van der Waals surface area (Å²) in [6, 6.07) is 0.196. The molecule has 5 atom stereocenters. The van der Waals surface area contributed by atoms with Crippen LogP contribution < -0.4 is 15.4 Å². The number of fused-ring (bicyclic) bond motifs is 1. The van der Waals surface area contributed by atoms with Crippen molar-refractivity contribution in [2.45, 2.75) is 85.5 Å². The van der Waals surface area contributed by atoms with Gasteiger partial charge in [0.25, 0.3) is 10.0 Å². The molecule has 0 saturated heterocycles. The summed E-state index contributed by atoms with van der Waals surface area (Å²) >= 11 is 0.738. The van der Waals surface area contributed by atoms with Gasteiger partial charge in [0.05, 0.1) is 11.3 Å². The summed E-state index contributed by atoms with van der Waals surface area (Å²) in [7, 11) is -6.01. The summed E-state index contributed by atoms with van der Waals surface area (Å²) in [6.07, 6.45) is -0.570. The van der Waals surface area contributed by atoms with E-state index in [9.17, 15) is 21.6 Å². The Bertz CT molecular complexity index is 990. The van der Waals surface area contributed by atoms with Crippen LogP contribution in [0.25, 0.3) is 0 Å². The lowest BCUT2D eigenvalue weighted by atomic mass is 10.1. The van der Waals surface area contributed by atoms with Gasteiger partial charge in [-0.15, -0.1) is 11.3 Å². The average Bonchev–Trinajstić information content (AvgIpc) is 3.17. The van der Waals surface area contributed by atoms with Gasteiger partial charge in [-0.05, 0) is 53.3 Å². The lowest BCUT2D eigenvalue weighted by molar-refractivity contribution is -0.135. The molecule has 31 heavy (non-hydrogen) atoms. The Balaban J connectivity index is 2.34. The second-order valence-electron chi connectivity index (χ2n) is 7.70. The predicted molar refractivity (Wildman–Crippen MR) is 120 cm³/mol. The van der Waals surface area contributed by atoms with E-state index in [0.29, 0.717) is 18.5 Å². The number of ketones is 1. The maximum absolute atomic E-state index is 13.1. The highest BCUT2D eigenvalue weighted by atomic mass is 32.3. The second kappa shape index (κ2) is 10.4. The van der Waals surface area contributed by atoms with Gasteiger partial charge in [-0.1, -0.05) is 13.8 Å². The first kappa shape index (κ1) is 26.4. The van der Waals surface area contributed by atoms with Crippen molar-refractivity contribution in [1.29, 1.82) is 0 Å². The fraction of sp³-hybridized carbons (Fsp3) is 0.737. The largest absolute Gasteiger partial charge is 0.353 e. The van der Waals surface area contributed by atoms with Crippen molar-refractivity contribution in [2.75, 3.05) is 13.6 Å². The summed E-state index contributed by atoms with van der Waals surface area (Å²) in [4.78, 5) is 12.7. The minimum absolute atomic E-state index is 0.0801. The Hall–Kier alpha value is -0.890. The quantitative estimate of drug-likeness (QED) is 0.394. The van der Waals surface area contributed by atoms with Gasteiger partial charge in [0.15, 0.2) is 15.6 Å². The van der Waals surface area contributed by atoms with Gasteiger partial charge < -0.3 is 10.1 Å². The van der Waals surface area contributed by atoms with Gasteiger partial charge in [0, 0.05) is 11.6 Å². The molecule has 0 spiro atoms. The average molecular weight is 496 g/mol. The van der Waals surface area contributed by atoms with Crippen LogP contribution in [0.5, 0.6) is 0 Å². The zero-order valence-electron chi connectivity index (χ0n) is 18.8. The van der Waals surface area contributed by atoms with E-state index in [1.807, 2.05) is 6.92 Å². The highest BCUT2D eigenvalue weighted by Gasteiger charge is 2.40. The van der Waals surface area contributed by atoms with Crippen LogP contribution in [0.4, 0.5) is 0 Å². The Morgan fingerprint density at radius 3 is 2.52 bits per heavy atom. The molecule has 1 aliphatic rings. The Labute approximate surface area is 189 Å². The van der Waals surface area contributed by atoms with Crippen LogP contribution >= 0.6 is 11.3 Å². The molecular formula is C19H33N3O6S3. The molecule has 0 fully saturated rings. The number of carbonyl (C=O) groups excluding carboxylic acids is 1. The summed E-state index contributed by atoms with van der Waals surface area (Å²) in [5.41, 5.74) is 0.476. The maximum atomic E-state index is 13.1. The van der Waals surface area contributed by atoms with Gasteiger partial charge in [-0.3, -0.25) is 10.1 Å². The van der Waals surface area contributed by atoms with E-state index in [-0.39, 0.29) is 32.9 Å². The fourth-order valence-corrected chi connectivity index (χ4v) is 8.79. The first-order chi connectivity index (χ1) is 14.4. The second-order valence-corrected chi connectivity index (χ2v) is 13.3. The number of thiophene rings is 1. The van der Waals surface area contributed by atoms with Crippen molar-refractivity contribution < 1.29 is 26.4 Å². The van der Waals surface area contributed by atoms with E-state index in [4.69, 9.17) is 4.74 Å². The van der Waals surface area contributed by atoms with E-state index < -0.39 is 37.3 Å². The minimum atomic E-state index is -4.10. The van der Waals surface area contributed by atoms with Crippen LogP contribution in [-0.4, -0.2) is 59.8 Å². The zero-order chi connectivity index (χ0) is 23.6. The number of carbonyl (C=O) groups is 1. The monoisotopic (exact) mass is 495 g/mol. The maximum Gasteiger partial charge on any atom is 0.250 e. The lowest BCUT2D eigenvalue weighted by Gasteiger charge is -2.27. The molecular weight excluding hydrogens is 462 g/mol. The zero-order valence-corrected chi connectivity index (χ0v) is 21.2. The van der Waals surface area contributed by atoms with Crippen molar-refractivity contribution in [3.8, 4) is 0 Å². The molecule has 1 aromatic heterocycles. The van der Waals surface area contributed by atoms with Crippen molar-refractivity contribution in [3.05, 3.63) is 11.6 Å². The molecule has 12 heteroatoms. The molecule has 0 aliphatic carbocycles. The van der Waals surface area contributed by atoms with Crippen LogP contribution in [0.2, 0.25) is 0 Å². The van der Waals surface area contributed by atoms with Gasteiger partial charge in [-0.2, -0.15) is 4.72 Å². The van der Waals surface area contributed by atoms with Crippen LogP contribution in [0.1, 0.15) is 59.1 Å². The molecule has 0 aromatic carbocycles. The number of hydrogen-bond donors (Lipinski definition) is 3. The lowest BCUT2D eigenvalue weighted by Crippen LogP contribution is -2.46. The summed E-state index contributed by atoms with van der Waals surface area (Å²) in [5, 5.41) is 5.49. The molecule has 3 N–H and O–H groups in total. The van der Waals surface area contributed by atoms with E-state index in [1.165, 1.54) is 6.07 Å². The SMILES string of the molecule is CCN[C@H]1C[C@H](C)S(=O)(=O)c2sc(S(=O)(=O)NC(CC)C(=O)[C@H](C)OC(C)NC)cc21. The fourth-order valence-electron chi connectivity index (χ4n) is 3.48. The molecule has 178 valence electrons. The van der Waals surface area contributed by atoms with Gasteiger partial charge in [0.2, 0.25) is 0 Å². The van der Waals surface area contributed by atoms with E-state index in [0.717, 1.165) is 11.3 Å². The Kier molecular flexibility index (Phi) is 8.81. The van der Waals surface area contributed by atoms with Crippen molar-refractivity contribution in [1.82, 2.24) is 15.4 Å². The number of sulfone groups is 1. The van der Waals surface area contributed by atoms with Crippen LogP contribution in [0.3, 0.4) is 0 Å². The number of Topliss-reactive ketones (excluding diaryl/α,β-unsaturated/α-hetero) is 1. The summed E-state index contributed by atoms with van der Waals surface area (Å²) < 4.78 is 59.6. The number of sulfonamides is 1. The molecule has 1 aliphatic heterocycles. The van der Waals surface area contributed by atoms with E-state index in [2.05, 4.69) is 15.4 Å². The normalized spacial score (nSPS) is 23.7. The summed E-state index contributed by atoms with van der Waals surface area (Å²) in [5.74, 6) is -0.388. The molecule has 2 unspecified atom stereocenters. The molecule has 9 nitrogen and oxygen atoms in total. The van der Waals surface area contributed by atoms with Crippen molar-refractivity contribution in [3.63, 3.8) is 0 Å². The van der Waals surface area contributed by atoms with E-state index >= 15 is 0 Å². The number of hydrogen-bond acceptors (Lipinski definition) is 9. The molecule has 1 aromatic rings. The number of rotatable bonds is 11. The predicted octanol–water partition coefficient (Wildman–Crippen LogP) is 1.56. The van der Waals surface area contributed by atoms with Gasteiger partial charge in [-0.25, -0.2) is 16.8 Å². The highest BCUT2D eigenvalue weighted by Crippen LogP contribution is 2.42. The van der Waals surface area contributed by atoms with Gasteiger partial charge in [0.1, 0.15) is 20.8 Å². The topological polar surface area (TPSA) is 131 Å². The third kappa shape index (κ3) is 5.73. The molecule has 0 bridgehead atoms. The standard InChI is InChI=1S/C19H33N3O6S3/c1-7-15(18(23)12(4)28-13(5)20-6)22-31(26,27)17-10-14-16(21-8-2)9-11(3)30(24,25)19(14)29-17/h10-13,15-16,20-22H,7-9H2,1-6H3/t11-,12-,13?,15?,16-/m0/s1. The molecule has 0 radical (unpaired) electrons. The van der Waals surface area contributed by atoms with Crippen LogP contribution in [0, 0.1) is 0 Å².